The number of sulfonamides is 1. The summed E-state index contributed by atoms with van der Waals surface area (Å²) in [7, 11) is -3.59. The Balaban J connectivity index is 2.68. The molecule has 0 radical (unpaired) electrons. The van der Waals surface area contributed by atoms with Crippen LogP contribution < -0.4 is 15.2 Å². The van der Waals surface area contributed by atoms with Gasteiger partial charge in [-0.05, 0) is 45.0 Å². The molecule has 1 rings (SSSR count). The van der Waals surface area contributed by atoms with Crippen molar-refractivity contribution in [3.05, 3.63) is 24.3 Å². The fourth-order valence-corrected chi connectivity index (χ4v) is 2.97. The molecular weight excluding hydrogens is 292 g/mol. The zero-order chi connectivity index (χ0) is 15.9. The van der Waals surface area contributed by atoms with E-state index in [1.807, 2.05) is 6.92 Å². The molecule has 0 aliphatic heterocycles. The molecule has 0 saturated carbocycles. The van der Waals surface area contributed by atoms with Crippen LogP contribution in [-0.2, 0) is 14.8 Å². The third-order valence-corrected chi connectivity index (χ3v) is 4.47. The predicted molar refractivity (Wildman–Crippen MR) is 81.9 cm³/mol. The van der Waals surface area contributed by atoms with E-state index in [0.29, 0.717) is 25.6 Å². The van der Waals surface area contributed by atoms with Gasteiger partial charge in [0, 0.05) is 18.7 Å². The summed E-state index contributed by atoms with van der Waals surface area (Å²) >= 11 is 0. The van der Waals surface area contributed by atoms with Crippen LogP contribution in [-0.4, -0.2) is 40.3 Å². The number of nitrogens with one attached hydrogen (secondary N) is 1. The van der Waals surface area contributed by atoms with E-state index in [4.69, 9.17) is 15.2 Å². The van der Waals surface area contributed by atoms with E-state index in [2.05, 4.69) is 4.72 Å². The Morgan fingerprint density at radius 3 is 2.33 bits per heavy atom. The Morgan fingerprint density at radius 1 is 1.19 bits per heavy atom. The summed E-state index contributed by atoms with van der Waals surface area (Å²) in [6.45, 7) is 7.16. The second-order valence-electron chi connectivity index (χ2n) is 5.21. The molecule has 0 amide bonds. The minimum atomic E-state index is -3.59. The van der Waals surface area contributed by atoms with Crippen LogP contribution in [0.2, 0.25) is 0 Å². The topological polar surface area (TPSA) is 90.6 Å². The summed E-state index contributed by atoms with van der Waals surface area (Å²) in [5, 5.41) is 0. The number of nitrogens with two attached hydrogens (primary N) is 1. The number of ether oxygens (including phenoxy) is 2. The van der Waals surface area contributed by atoms with Crippen molar-refractivity contribution in [1.29, 1.82) is 0 Å². The Labute approximate surface area is 126 Å². The molecule has 6 nitrogen and oxygen atoms in total. The molecule has 120 valence electrons. The predicted octanol–water partition coefficient (Wildman–Crippen LogP) is 1.12. The highest BCUT2D eigenvalue weighted by Gasteiger charge is 2.24. The zero-order valence-corrected chi connectivity index (χ0v) is 13.6. The number of benzene rings is 1. The van der Waals surface area contributed by atoms with Crippen molar-refractivity contribution in [1.82, 2.24) is 4.72 Å². The smallest absolute Gasteiger partial charge is 0.241 e. The molecule has 0 unspecified atom stereocenters. The summed E-state index contributed by atoms with van der Waals surface area (Å²) in [5.41, 5.74) is 4.85. The molecule has 21 heavy (non-hydrogen) atoms. The van der Waals surface area contributed by atoms with Crippen molar-refractivity contribution in [2.75, 3.05) is 26.4 Å². The Kier molecular flexibility index (Phi) is 6.60. The van der Waals surface area contributed by atoms with Crippen molar-refractivity contribution in [2.45, 2.75) is 31.2 Å². The molecule has 1 aromatic carbocycles. The van der Waals surface area contributed by atoms with Crippen LogP contribution in [0, 0.1) is 0 Å². The Morgan fingerprint density at radius 2 is 1.81 bits per heavy atom. The van der Waals surface area contributed by atoms with Crippen LogP contribution in [0.5, 0.6) is 5.75 Å². The Bertz CT molecular complexity index is 526. The third kappa shape index (κ3) is 6.01. The maximum absolute atomic E-state index is 12.2. The van der Waals surface area contributed by atoms with Gasteiger partial charge in [0.15, 0.2) is 0 Å². The van der Waals surface area contributed by atoms with Gasteiger partial charge in [-0.25, -0.2) is 13.1 Å². The first-order chi connectivity index (χ1) is 9.80. The molecule has 0 bridgehead atoms. The van der Waals surface area contributed by atoms with Gasteiger partial charge in [-0.3, -0.25) is 0 Å². The highest BCUT2D eigenvalue weighted by molar-refractivity contribution is 7.89. The standard InChI is InChI=1S/C14H24N2O4S/c1-4-19-9-10-20-12-5-7-13(8-6-12)21(17,18)16-14(2,3)11-15/h5-8,16H,4,9-11,15H2,1-3H3. The van der Waals surface area contributed by atoms with Gasteiger partial charge in [-0.1, -0.05) is 0 Å². The molecule has 3 N–H and O–H groups in total. The van der Waals surface area contributed by atoms with E-state index in [9.17, 15) is 8.42 Å². The number of rotatable bonds is 9. The lowest BCUT2D eigenvalue weighted by Crippen LogP contribution is -2.48. The first-order valence-electron chi connectivity index (χ1n) is 6.85. The minimum absolute atomic E-state index is 0.182. The zero-order valence-electron chi connectivity index (χ0n) is 12.8. The highest BCUT2D eigenvalue weighted by atomic mass is 32.2. The first-order valence-corrected chi connectivity index (χ1v) is 8.34. The SMILES string of the molecule is CCOCCOc1ccc(S(=O)(=O)NC(C)(C)CN)cc1. The largest absolute Gasteiger partial charge is 0.491 e. The molecule has 7 heteroatoms. The van der Waals surface area contributed by atoms with Crippen LogP contribution in [0.1, 0.15) is 20.8 Å². The van der Waals surface area contributed by atoms with Gasteiger partial charge in [0.2, 0.25) is 10.0 Å². The van der Waals surface area contributed by atoms with Crippen molar-refractivity contribution in [2.24, 2.45) is 5.73 Å². The van der Waals surface area contributed by atoms with Crippen molar-refractivity contribution in [3.8, 4) is 5.75 Å². The van der Waals surface area contributed by atoms with Crippen molar-refractivity contribution < 1.29 is 17.9 Å². The lowest BCUT2D eigenvalue weighted by Gasteiger charge is -2.23. The van der Waals surface area contributed by atoms with E-state index in [1.165, 1.54) is 12.1 Å². The highest BCUT2D eigenvalue weighted by Crippen LogP contribution is 2.17. The molecular formula is C14H24N2O4S. The van der Waals surface area contributed by atoms with Gasteiger partial charge >= 0.3 is 0 Å². The van der Waals surface area contributed by atoms with E-state index in [-0.39, 0.29) is 11.4 Å². The van der Waals surface area contributed by atoms with Gasteiger partial charge < -0.3 is 15.2 Å². The van der Waals surface area contributed by atoms with Crippen LogP contribution in [0.25, 0.3) is 0 Å². The van der Waals surface area contributed by atoms with Crippen LogP contribution in [0.4, 0.5) is 0 Å². The van der Waals surface area contributed by atoms with Crippen LogP contribution >= 0.6 is 0 Å². The van der Waals surface area contributed by atoms with Gasteiger partial charge in [0.25, 0.3) is 0 Å². The summed E-state index contributed by atoms with van der Waals surface area (Å²) < 4.78 is 37.5. The van der Waals surface area contributed by atoms with Crippen LogP contribution in [0.15, 0.2) is 29.2 Å². The van der Waals surface area contributed by atoms with Crippen molar-refractivity contribution >= 4 is 10.0 Å². The summed E-state index contributed by atoms with van der Waals surface area (Å²) in [4.78, 5) is 0.182. The summed E-state index contributed by atoms with van der Waals surface area (Å²) in [5.74, 6) is 0.603. The van der Waals surface area contributed by atoms with E-state index in [0.717, 1.165) is 0 Å². The first kappa shape index (κ1) is 17.9. The molecule has 0 aliphatic rings. The van der Waals surface area contributed by atoms with Crippen LogP contribution in [0.3, 0.4) is 0 Å². The molecule has 0 fully saturated rings. The molecule has 0 spiro atoms. The molecule has 0 atom stereocenters. The average Bonchev–Trinajstić information content (AvgIpc) is 2.43. The normalized spacial score (nSPS) is 12.4. The maximum Gasteiger partial charge on any atom is 0.241 e. The average molecular weight is 316 g/mol. The molecule has 0 aromatic heterocycles. The molecule has 0 aliphatic carbocycles. The minimum Gasteiger partial charge on any atom is -0.491 e. The van der Waals surface area contributed by atoms with E-state index in [1.54, 1.807) is 26.0 Å². The second-order valence-corrected chi connectivity index (χ2v) is 6.89. The van der Waals surface area contributed by atoms with E-state index >= 15 is 0 Å². The molecule has 0 heterocycles. The van der Waals surface area contributed by atoms with Gasteiger partial charge in [-0.15, -0.1) is 0 Å². The summed E-state index contributed by atoms with van der Waals surface area (Å²) in [6.07, 6.45) is 0. The molecule has 0 saturated heterocycles. The fourth-order valence-electron chi connectivity index (χ4n) is 1.54. The van der Waals surface area contributed by atoms with Gasteiger partial charge in [-0.2, -0.15) is 0 Å². The lowest BCUT2D eigenvalue weighted by atomic mass is 10.1. The maximum atomic E-state index is 12.2. The number of hydrogen-bond donors (Lipinski definition) is 2. The molecule has 1 aromatic rings. The second kappa shape index (κ2) is 7.74. The van der Waals surface area contributed by atoms with Gasteiger partial charge in [0.05, 0.1) is 11.5 Å². The Hall–Kier alpha value is -1.15. The lowest BCUT2D eigenvalue weighted by molar-refractivity contribution is 0.110. The van der Waals surface area contributed by atoms with Crippen molar-refractivity contribution in [3.63, 3.8) is 0 Å². The fraction of sp³-hybridized carbons (Fsp3) is 0.571. The quantitative estimate of drug-likeness (QED) is 0.666. The van der Waals surface area contributed by atoms with E-state index < -0.39 is 15.6 Å². The third-order valence-electron chi connectivity index (χ3n) is 2.76. The van der Waals surface area contributed by atoms with Gasteiger partial charge in [0.1, 0.15) is 12.4 Å². The summed E-state index contributed by atoms with van der Waals surface area (Å²) in [6, 6.07) is 6.25. The number of hydrogen-bond acceptors (Lipinski definition) is 5. The monoisotopic (exact) mass is 316 g/mol.